The fourth-order valence-corrected chi connectivity index (χ4v) is 3.43. The van der Waals surface area contributed by atoms with E-state index < -0.39 is 0 Å². The third-order valence-corrected chi connectivity index (χ3v) is 4.71. The predicted molar refractivity (Wildman–Crippen MR) is 105 cm³/mol. The Kier molecular flexibility index (Phi) is 4.39. The quantitative estimate of drug-likeness (QED) is 0.619. The Morgan fingerprint density at radius 3 is 2.96 bits per heavy atom. The van der Waals surface area contributed by atoms with Crippen LogP contribution in [0.1, 0.15) is 30.5 Å². The van der Waals surface area contributed by atoms with Crippen molar-refractivity contribution in [1.29, 1.82) is 0 Å². The van der Waals surface area contributed by atoms with Crippen molar-refractivity contribution in [3.63, 3.8) is 0 Å². The molecule has 0 aliphatic carbocycles. The summed E-state index contributed by atoms with van der Waals surface area (Å²) >= 11 is 0. The maximum atomic E-state index is 12.4. The standard InChI is InChI=1S/C21H21N3O3/c1-4-26-18-10-14-9-13(2)27-19(14)11-15(18)12-22-23-20-16-7-5-6-8-17(16)24(3)21(20)25/h5-8,10-13H,4,9H2,1-3H3/b22-12-,23-20+/t13-/m1/s1. The van der Waals surface area contributed by atoms with E-state index in [9.17, 15) is 4.79 Å². The van der Waals surface area contributed by atoms with Gasteiger partial charge in [-0.3, -0.25) is 4.79 Å². The second kappa shape index (κ2) is 6.87. The normalized spacial score (nSPS) is 19.5. The van der Waals surface area contributed by atoms with E-state index in [4.69, 9.17) is 9.47 Å². The summed E-state index contributed by atoms with van der Waals surface area (Å²) in [7, 11) is 1.74. The van der Waals surface area contributed by atoms with Crippen molar-refractivity contribution in [2.24, 2.45) is 10.2 Å². The second-order valence-electron chi connectivity index (χ2n) is 6.64. The summed E-state index contributed by atoms with van der Waals surface area (Å²) in [6, 6.07) is 11.5. The van der Waals surface area contributed by atoms with Gasteiger partial charge >= 0.3 is 0 Å². The lowest BCUT2D eigenvalue weighted by Gasteiger charge is -2.09. The summed E-state index contributed by atoms with van der Waals surface area (Å²) < 4.78 is 11.6. The molecule has 0 unspecified atom stereocenters. The van der Waals surface area contributed by atoms with Gasteiger partial charge < -0.3 is 14.4 Å². The molecule has 0 N–H and O–H groups in total. The van der Waals surface area contributed by atoms with Gasteiger partial charge in [-0.15, -0.1) is 5.10 Å². The summed E-state index contributed by atoms with van der Waals surface area (Å²) in [6.07, 6.45) is 2.64. The average Bonchev–Trinajstić information content (AvgIpc) is 3.13. The number of likely N-dealkylation sites (N-methyl/N-ethyl adjacent to an activating group) is 1. The van der Waals surface area contributed by atoms with Crippen LogP contribution >= 0.6 is 0 Å². The number of benzene rings is 2. The van der Waals surface area contributed by atoms with Crippen LogP contribution in [-0.4, -0.2) is 37.6 Å². The first-order chi connectivity index (χ1) is 13.1. The highest BCUT2D eigenvalue weighted by molar-refractivity contribution is 6.54. The van der Waals surface area contributed by atoms with Gasteiger partial charge in [0.2, 0.25) is 0 Å². The SMILES string of the molecule is CCOc1cc2c(cc1/C=N\N=C1\C(=O)N(C)c3ccccc31)O[C@H](C)C2. The number of rotatable bonds is 4. The topological polar surface area (TPSA) is 63.5 Å². The van der Waals surface area contributed by atoms with Gasteiger partial charge in [-0.2, -0.15) is 5.10 Å². The number of hydrogen-bond donors (Lipinski definition) is 0. The summed E-state index contributed by atoms with van der Waals surface area (Å²) in [4.78, 5) is 14.0. The van der Waals surface area contributed by atoms with Gasteiger partial charge in [0.1, 0.15) is 17.6 Å². The minimum Gasteiger partial charge on any atom is -0.493 e. The Morgan fingerprint density at radius 1 is 1.33 bits per heavy atom. The van der Waals surface area contributed by atoms with Crippen LogP contribution in [-0.2, 0) is 11.2 Å². The molecule has 1 atom stereocenters. The zero-order chi connectivity index (χ0) is 19.0. The van der Waals surface area contributed by atoms with E-state index in [-0.39, 0.29) is 12.0 Å². The van der Waals surface area contributed by atoms with Crippen LogP contribution in [0.25, 0.3) is 0 Å². The Morgan fingerprint density at radius 2 is 2.15 bits per heavy atom. The van der Waals surface area contributed by atoms with Crippen molar-refractivity contribution < 1.29 is 14.3 Å². The molecule has 2 aromatic rings. The molecular formula is C21H21N3O3. The molecule has 4 rings (SSSR count). The number of fused-ring (bicyclic) bond motifs is 2. The van der Waals surface area contributed by atoms with Crippen molar-refractivity contribution in [2.75, 3.05) is 18.6 Å². The largest absolute Gasteiger partial charge is 0.493 e. The number of amides is 1. The molecule has 0 saturated carbocycles. The Labute approximate surface area is 158 Å². The molecule has 6 heteroatoms. The molecule has 0 saturated heterocycles. The molecule has 2 aliphatic heterocycles. The molecule has 0 radical (unpaired) electrons. The van der Waals surface area contributed by atoms with E-state index in [0.29, 0.717) is 12.3 Å². The van der Waals surface area contributed by atoms with Crippen LogP contribution in [0.4, 0.5) is 5.69 Å². The third kappa shape index (κ3) is 3.07. The van der Waals surface area contributed by atoms with Gasteiger partial charge in [-0.25, -0.2) is 0 Å². The fraction of sp³-hybridized carbons (Fsp3) is 0.286. The maximum Gasteiger partial charge on any atom is 0.279 e. The van der Waals surface area contributed by atoms with E-state index >= 15 is 0 Å². The van der Waals surface area contributed by atoms with Crippen molar-refractivity contribution in [1.82, 2.24) is 0 Å². The minimum atomic E-state index is -0.163. The molecule has 27 heavy (non-hydrogen) atoms. The summed E-state index contributed by atoms with van der Waals surface area (Å²) in [6.45, 7) is 4.54. The molecular weight excluding hydrogens is 342 g/mol. The first-order valence-corrected chi connectivity index (χ1v) is 9.03. The predicted octanol–water partition coefficient (Wildman–Crippen LogP) is 3.21. The zero-order valence-electron chi connectivity index (χ0n) is 15.6. The highest BCUT2D eigenvalue weighted by atomic mass is 16.5. The summed E-state index contributed by atoms with van der Waals surface area (Å²) in [5, 5.41) is 8.37. The number of carbonyl (C=O) groups is 1. The van der Waals surface area contributed by atoms with E-state index in [1.54, 1.807) is 18.2 Å². The van der Waals surface area contributed by atoms with Crippen LogP contribution < -0.4 is 14.4 Å². The summed E-state index contributed by atoms with van der Waals surface area (Å²) in [5.41, 5.74) is 3.88. The van der Waals surface area contributed by atoms with Crippen LogP contribution in [0.3, 0.4) is 0 Å². The molecule has 2 aliphatic rings. The average molecular weight is 363 g/mol. The number of hydrogen-bond acceptors (Lipinski definition) is 5. The molecule has 2 heterocycles. The molecule has 6 nitrogen and oxygen atoms in total. The number of nitrogens with zero attached hydrogens (tertiary/aromatic N) is 3. The lowest BCUT2D eigenvalue weighted by Crippen LogP contribution is -2.25. The second-order valence-corrected chi connectivity index (χ2v) is 6.64. The first kappa shape index (κ1) is 17.3. The monoisotopic (exact) mass is 363 g/mol. The Balaban J connectivity index is 1.67. The molecule has 138 valence electrons. The fourth-order valence-electron chi connectivity index (χ4n) is 3.43. The Bertz CT molecular complexity index is 965. The van der Waals surface area contributed by atoms with Crippen LogP contribution in [0, 0.1) is 0 Å². The highest BCUT2D eigenvalue weighted by Gasteiger charge is 2.31. The molecule has 0 spiro atoms. The van der Waals surface area contributed by atoms with Gasteiger partial charge in [-0.05, 0) is 32.0 Å². The molecule has 0 aromatic heterocycles. The lowest BCUT2D eigenvalue weighted by molar-refractivity contribution is -0.111. The third-order valence-electron chi connectivity index (χ3n) is 4.71. The van der Waals surface area contributed by atoms with Crippen LogP contribution in [0.15, 0.2) is 46.6 Å². The van der Waals surface area contributed by atoms with Crippen LogP contribution in [0.2, 0.25) is 0 Å². The van der Waals surface area contributed by atoms with Gasteiger partial charge in [0.05, 0.1) is 18.5 Å². The molecule has 0 fully saturated rings. The van der Waals surface area contributed by atoms with Crippen molar-refractivity contribution in [3.05, 3.63) is 53.1 Å². The van der Waals surface area contributed by atoms with Gasteiger partial charge in [0.25, 0.3) is 5.91 Å². The van der Waals surface area contributed by atoms with Crippen molar-refractivity contribution >= 4 is 23.5 Å². The van der Waals surface area contributed by atoms with E-state index in [0.717, 1.165) is 40.3 Å². The number of carbonyl (C=O) groups excluding carboxylic acids is 1. The molecule has 1 amide bonds. The lowest BCUT2D eigenvalue weighted by atomic mass is 10.1. The number of anilines is 1. The smallest absolute Gasteiger partial charge is 0.279 e. The molecule has 0 bridgehead atoms. The molecule has 2 aromatic carbocycles. The van der Waals surface area contributed by atoms with Gasteiger partial charge in [0.15, 0.2) is 5.71 Å². The van der Waals surface area contributed by atoms with Gasteiger partial charge in [-0.1, -0.05) is 18.2 Å². The van der Waals surface area contributed by atoms with E-state index in [2.05, 4.69) is 10.2 Å². The van der Waals surface area contributed by atoms with Gasteiger partial charge in [0, 0.05) is 30.2 Å². The maximum absolute atomic E-state index is 12.4. The number of ether oxygens (including phenoxy) is 2. The van der Waals surface area contributed by atoms with Crippen molar-refractivity contribution in [2.45, 2.75) is 26.4 Å². The van der Waals surface area contributed by atoms with Crippen LogP contribution in [0.5, 0.6) is 11.5 Å². The zero-order valence-corrected chi connectivity index (χ0v) is 15.6. The summed E-state index contributed by atoms with van der Waals surface area (Å²) in [5.74, 6) is 1.43. The van der Waals surface area contributed by atoms with Crippen molar-refractivity contribution in [3.8, 4) is 11.5 Å². The minimum absolute atomic E-state index is 0.157. The Hall–Kier alpha value is -3.15. The highest BCUT2D eigenvalue weighted by Crippen LogP contribution is 2.34. The van der Waals surface area contributed by atoms with E-state index in [1.807, 2.05) is 50.2 Å². The first-order valence-electron chi connectivity index (χ1n) is 9.03. The number of para-hydroxylation sites is 1. The van der Waals surface area contributed by atoms with E-state index in [1.165, 1.54) is 0 Å².